The number of nitrogens with zero attached hydrogens (tertiary/aromatic N) is 3. The molecule has 0 unspecified atom stereocenters. The van der Waals surface area contributed by atoms with E-state index in [4.69, 9.17) is 0 Å². The maximum absolute atomic E-state index is 2.22. The largest absolute Gasteiger partial charge is 0.357 e. The van der Waals surface area contributed by atoms with Crippen molar-refractivity contribution < 1.29 is 9.13 Å². The molecule has 2 aromatic heterocycles. The van der Waals surface area contributed by atoms with Gasteiger partial charge in [-0.2, -0.15) is 0 Å². The van der Waals surface area contributed by atoms with Crippen LogP contribution < -0.4 is 9.13 Å². The Kier molecular flexibility index (Phi) is 4.71. The molecule has 0 saturated carbocycles. The van der Waals surface area contributed by atoms with E-state index in [9.17, 15) is 0 Å². The number of aromatic nitrogens is 2. The van der Waals surface area contributed by atoms with Crippen molar-refractivity contribution >= 4 is 11.6 Å². The van der Waals surface area contributed by atoms with Crippen molar-refractivity contribution in [2.45, 2.75) is 0 Å². The van der Waals surface area contributed by atoms with Gasteiger partial charge < -0.3 is 4.90 Å². The van der Waals surface area contributed by atoms with Crippen molar-refractivity contribution in [2.24, 2.45) is 14.1 Å². The summed E-state index contributed by atoms with van der Waals surface area (Å²) in [6.07, 6.45) is 21.1. The van der Waals surface area contributed by atoms with Gasteiger partial charge in [-0.3, -0.25) is 0 Å². The van der Waals surface area contributed by atoms with Crippen LogP contribution in [-0.4, -0.2) is 11.9 Å². The molecule has 3 heterocycles. The van der Waals surface area contributed by atoms with Crippen molar-refractivity contribution in [1.29, 1.82) is 0 Å². The first-order valence-electron chi connectivity index (χ1n) is 8.03. The van der Waals surface area contributed by atoms with Gasteiger partial charge in [-0.25, -0.2) is 9.13 Å². The van der Waals surface area contributed by atoms with Crippen LogP contribution in [0.2, 0.25) is 0 Å². The zero-order valence-corrected chi connectivity index (χ0v) is 14.4. The Morgan fingerprint density at radius 2 is 1.42 bits per heavy atom. The molecule has 24 heavy (non-hydrogen) atoms. The predicted octanol–water partition coefficient (Wildman–Crippen LogP) is 2.78. The smallest absolute Gasteiger partial charge is 0.169 e. The summed E-state index contributed by atoms with van der Waals surface area (Å²) in [5.74, 6) is 0. The van der Waals surface area contributed by atoms with Gasteiger partial charge in [0.05, 0.1) is 0 Å². The molecule has 0 N–H and O–H groups in total. The topological polar surface area (TPSA) is 11.0 Å². The normalized spacial score (nSPS) is 14.2. The van der Waals surface area contributed by atoms with Gasteiger partial charge in [0.25, 0.3) is 0 Å². The van der Waals surface area contributed by atoms with Crippen LogP contribution in [0.1, 0.15) is 11.1 Å². The van der Waals surface area contributed by atoms with Crippen LogP contribution in [0.4, 0.5) is 0 Å². The highest BCUT2D eigenvalue weighted by molar-refractivity contribution is 5.88. The van der Waals surface area contributed by atoms with E-state index in [2.05, 4.69) is 85.8 Å². The minimum absolute atomic E-state index is 1.19. The van der Waals surface area contributed by atoms with Crippen LogP contribution in [0.15, 0.2) is 85.3 Å². The third-order valence-electron chi connectivity index (χ3n) is 3.96. The highest BCUT2D eigenvalue weighted by Crippen LogP contribution is 2.22. The Balaban J connectivity index is 2.02. The average Bonchev–Trinajstić information content (AvgIpc) is 2.59. The van der Waals surface area contributed by atoms with E-state index in [0.717, 1.165) is 0 Å². The van der Waals surface area contributed by atoms with E-state index >= 15 is 0 Å². The second-order valence-corrected chi connectivity index (χ2v) is 6.09. The summed E-state index contributed by atoms with van der Waals surface area (Å²) >= 11 is 0. The number of allylic oxidation sites excluding steroid dienone is 5. The quantitative estimate of drug-likeness (QED) is 0.792. The Labute approximate surface area is 143 Å². The van der Waals surface area contributed by atoms with Crippen LogP contribution >= 0.6 is 0 Å². The zero-order valence-electron chi connectivity index (χ0n) is 14.4. The molecule has 120 valence electrons. The van der Waals surface area contributed by atoms with Crippen LogP contribution in [0, 0.1) is 0 Å². The molecular formula is C21H23N3+2. The zero-order chi connectivity index (χ0) is 16.9. The predicted molar refractivity (Wildman–Crippen MR) is 97.2 cm³/mol. The number of rotatable bonds is 3. The average molecular weight is 317 g/mol. The summed E-state index contributed by atoms with van der Waals surface area (Å²) in [6, 6.07) is 8.55. The Hall–Kier alpha value is -2.94. The first-order chi connectivity index (χ1) is 11.6. The summed E-state index contributed by atoms with van der Waals surface area (Å²) in [5, 5.41) is 0. The first-order valence-corrected chi connectivity index (χ1v) is 8.03. The molecule has 0 aliphatic carbocycles. The van der Waals surface area contributed by atoms with E-state index in [1.807, 2.05) is 35.2 Å². The van der Waals surface area contributed by atoms with E-state index in [-0.39, 0.29) is 0 Å². The molecule has 3 heteroatoms. The first kappa shape index (κ1) is 15.9. The second kappa shape index (κ2) is 7.09. The molecule has 0 bridgehead atoms. The van der Waals surface area contributed by atoms with Crippen LogP contribution in [0.25, 0.3) is 11.6 Å². The molecule has 0 fully saturated rings. The van der Waals surface area contributed by atoms with Gasteiger partial charge >= 0.3 is 0 Å². The monoisotopic (exact) mass is 317 g/mol. The van der Waals surface area contributed by atoms with Gasteiger partial charge in [0.1, 0.15) is 14.1 Å². The molecule has 0 amide bonds. The summed E-state index contributed by atoms with van der Waals surface area (Å²) in [6.45, 7) is 0. The summed E-state index contributed by atoms with van der Waals surface area (Å²) < 4.78 is 4.09. The van der Waals surface area contributed by atoms with Crippen molar-refractivity contribution in [3.05, 3.63) is 96.4 Å². The van der Waals surface area contributed by atoms with Crippen molar-refractivity contribution in [1.82, 2.24) is 4.90 Å². The molecule has 1 aliphatic heterocycles. The minimum Gasteiger partial charge on any atom is -0.357 e. The molecule has 3 rings (SSSR count). The molecular weight excluding hydrogens is 294 g/mol. The molecule has 0 aromatic carbocycles. The Bertz CT molecular complexity index is 806. The van der Waals surface area contributed by atoms with Gasteiger partial charge in [0.15, 0.2) is 24.8 Å². The van der Waals surface area contributed by atoms with E-state index in [1.54, 1.807) is 0 Å². The lowest BCUT2D eigenvalue weighted by Crippen LogP contribution is -2.26. The lowest BCUT2D eigenvalue weighted by atomic mass is 10.0. The standard InChI is InChI=1S/C21H23N3/c1-22-10-4-18(5-11-22)16-21(20-8-14-24(3)15-9-20)17-19-6-12-23(2)13-7-19/h4-17H,1-3H3/q+2. The van der Waals surface area contributed by atoms with Crippen molar-refractivity contribution in [3.8, 4) is 0 Å². The van der Waals surface area contributed by atoms with Crippen molar-refractivity contribution in [3.63, 3.8) is 0 Å². The van der Waals surface area contributed by atoms with Crippen molar-refractivity contribution in [2.75, 3.05) is 7.05 Å². The third kappa shape index (κ3) is 4.07. The Morgan fingerprint density at radius 3 is 2.00 bits per heavy atom. The lowest BCUT2D eigenvalue weighted by molar-refractivity contribution is -0.671. The molecule has 2 aromatic rings. The van der Waals surface area contributed by atoms with Crippen LogP contribution in [-0.2, 0) is 14.1 Å². The maximum atomic E-state index is 2.22. The SMILES string of the molecule is CN1C=CC(=C/C(=C/c2cc[n+](C)cc2)c2cc[n+](C)cc2)C=C1. The summed E-state index contributed by atoms with van der Waals surface area (Å²) in [7, 11) is 6.09. The fraction of sp³-hybridized carbons (Fsp3) is 0.143. The molecule has 0 atom stereocenters. The highest BCUT2D eigenvalue weighted by atomic mass is 15.0. The molecule has 3 nitrogen and oxygen atoms in total. The van der Waals surface area contributed by atoms with Gasteiger partial charge in [0.2, 0.25) is 0 Å². The lowest BCUT2D eigenvalue weighted by Gasteiger charge is -2.12. The third-order valence-corrected chi connectivity index (χ3v) is 3.96. The van der Waals surface area contributed by atoms with E-state index in [0.29, 0.717) is 0 Å². The second-order valence-electron chi connectivity index (χ2n) is 6.09. The highest BCUT2D eigenvalue weighted by Gasteiger charge is 2.05. The number of aryl methyl sites for hydroxylation is 2. The molecule has 0 spiro atoms. The number of pyridine rings is 2. The van der Waals surface area contributed by atoms with Gasteiger partial charge in [0, 0.05) is 43.7 Å². The van der Waals surface area contributed by atoms with Crippen LogP contribution in [0.3, 0.4) is 0 Å². The Morgan fingerprint density at radius 1 is 0.875 bits per heavy atom. The molecule has 0 saturated heterocycles. The number of hydrogen-bond donors (Lipinski definition) is 0. The van der Waals surface area contributed by atoms with Gasteiger partial charge in [-0.1, -0.05) is 0 Å². The van der Waals surface area contributed by atoms with E-state index in [1.165, 1.54) is 22.3 Å². The fourth-order valence-corrected chi connectivity index (χ4v) is 2.48. The summed E-state index contributed by atoms with van der Waals surface area (Å²) in [5.41, 5.74) is 4.77. The number of hydrogen-bond acceptors (Lipinski definition) is 1. The minimum atomic E-state index is 1.19. The van der Waals surface area contributed by atoms with Gasteiger partial charge in [-0.15, -0.1) is 0 Å². The maximum Gasteiger partial charge on any atom is 0.169 e. The fourth-order valence-electron chi connectivity index (χ4n) is 2.48. The van der Waals surface area contributed by atoms with Gasteiger partial charge in [-0.05, 0) is 46.6 Å². The van der Waals surface area contributed by atoms with E-state index < -0.39 is 0 Å². The molecule has 0 radical (unpaired) electrons. The molecule has 1 aliphatic rings. The summed E-state index contributed by atoms with van der Waals surface area (Å²) in [4.78, 5) is 2.04. The van der Waals surface area contributed by atoms with Crippen LogP contribution in [0.5, 0.6) is 0 Å².